The summed E-state index contributed by atoms with van der Waals surface area (Å²) in [7, 11) is 0. The summed E-state index contributed by atoms with van der Waals surface area (Å²) in [6.45, 7) is 0.264. The molecule has 4 nitrogen and oxygen atoms in total. The van der Waals surface area contributed by atoms with Crippen molar-refractivity contribution in [2.75, 3.05) is 6.79 Å². The topological polar surface area (TPSA) is 54.3 Å². The van der Waals surface area contributed by atoms with Crippen LogP contribution in [0.1, 0.15) is 5.56 Å². The van der Waals surface area contributed by atoms with Gasteiger partial charge in [-0.3, -0.25) is 5.32 Å². The number of rotatable bonds is 2. The number of ether oxygens (including phenoxy) is 2. The molecule has 1 aliphatic heterocycles. The van der Waals surface area contributed by atoms with Gasteiger partial charge in [0.15, 0.2) is 17.7 Å². The van der Waals surface area contributed by atoms with Crippen LogP contribution in [0.3, 0.4) is 0 Å². The molecule has 0 spiro atoms. The summed E-state index contributed by atoms with van der Waals surface area (Å²) < 4.78 is 10.4. The monoisotopic (exact) mass is 220 g/mol. The zero-order valence-corrected chi connectivity index (χ0v) is 8.63. The van der Waals surface area contributed by atoms with Crippen LogP contribution in [0.25, 0.3) is 0 Å². The molecule has 2 rings (SSSR count). The second-order valence-electron chi connectivity index (χ2n) is 3.02. The molecule has 0 atom stereocenters. The summed E-state index contributed by atoms with van der Waals surface area (Å²) >= 11 is 4.96. The van der Waals surface area contributed by atoms with Gasteiger partial charge in [-0.05, 0) is 17.7 Å². The van der Waals surface area contributed by atoms with Crippen LogP contribution < -0.4 is 14.8 Å². The number of fused-ring (bicyclic) bond motifs is 1. The van der Waals surface area contributed by atoms with E-state index >= 15 is 0 Å². The van der Waals surface area contributed by atoms with Crippen molar-refractivity contribution in [2.45, 2.75) is 6.42 Å². The molecule has 0 aromatic heterocycles. The van der Waals surface area contributed by atoms with Crippen LogP contribution in [-0.4, -0.2) is 11.8 Å². The van der Waals surface area contributed by atoms with Crippen LogP contribution in [0.5, 0.6) is 11.5 Å². The molecule has 5 heteroatoms. The summed E-state index contributed by atoms with van der Waals surface area (Å²) in [4.78, 5) is 0.497. The average molecular weight is 220 g/mol. The van der Waals surface area contributed by atoms with Crippen LogP contribution in [0, 0.1) is 11.5 Å². The van der Waals surface area contributed by atoms with Crippen molar-refractivity contribution in [3.63, 3.8) is 0 Å². The molecule has 0 radical (unpaired) electrons. The van der Waals surface area contributed by atoms with Crippen molar-refractivity contribution in [1.29, 1.82) is 5.26 Å². The first-order valence-corrected chi connectivity index (χ1v) is 4.77. The van der Waals surface area contributed by atoms with Gasteiger partial charge in [-0.25, -0.2) is 0 Å². The highest BCUT2D eigenvalue weighted by Gasteiger charge is 2.13. The van der Waals surface area contributed by atoms with E-state index in [1.54, 1.807) is 6.19 Å². The second-order valence-corrected chi connectivity index (χ2v) is 3.52. The van der Waals surface area contributed by atoms with Gasteiger partial charge in [0.25, 0.3) is 0 Å². The third kappa shape index (κ3) is 2.17. The molecule has 15 heavy (non-hydrogen) atoms. The van der Waals surface area contributed by atoms with E-state index in [-0.39, 0.29) is 6.79 Å². The van der Waals surface area contributed by atoms with Crippen LogP contribution >= 0.6 is 12.2 Å². The maximum absolute atomic E-state index is 8.38. The van der Waals surface area contributed by atoms with Crippen molar-refractivity contribution in [2.24, 2.45) is 0 Å². The summed E-state index contributed by atoms with van der Waals surface area (Å²) in [5.74, 6) is 1.48. The normalized spacial score (nSPS) is 11.9. The maximum Gasteiger partial charge on any atom is 0.231 e. The number of nitriles is 1. The van der Waals surface area contributed by atoms with Crippen molar-refractivity contribution in [3.05, 3.63) is 23.8 Å². The van der Waals surface area contributed by atoms with E-state index in [9.17, 15) is 0 Å². The van der Waals surface area contributed by atoms with E-state index in [0.717, 1.165) is 17.1 Å². The Balaban J connectivity index is 2.11. The molecule has 0 saturated carbocycles. The molecule has 1 aliphatic rings. The first kappa shape index (κ1) is 9.74. The zero-order chi connectivity index (χ0) is 10.7. The maximum atomic E-state index is 8.38. The van der Waals surface area contributed by atoms with E-state index < -0.39 is 0 Å². The van der Waals surface area contributed by atoms with Crippen LogP contribution in [0.2, 0.25) is 0 Å². The summed E-state index contributed by atoms with van der Waals surface area (Å²) in [5, 5.41) is 10.8. The summed E-state index contributed by atoms with van der Waals surface area (Å²) in [6, 6.07) is 5.61. The molecule has 1 aromatic carbocycles. The predicted molar refractivity (Wildman–Crippen MR) is 57.6 cm³/mol. The van der Waals surface area contributed by atoms with Crippen LogP contribution in [-0.2, 0) is 6.42 Å². The number of hydrogen-bond donors (Lipinski definition) is 1. The standard InChI is InChI=1S/C10H8N2O2S/c11-5-12-10(15)4-7-1-2-8-9(3-7)14-6-13-8/h1-3H,4,6H2,(H,12,15). The Morgan fingerprint density at radius 3 is 3.07 bits per heavy atom. The Hall–Kier alpha value is -1.80. The van der Waals surface area contributed by atoms with Gasteiger partial charge in [0.1, 0.15) is 0 Å². The predicted octanol–water partition coefficient (Wildman–Crippen LogP) is 1.36. The smallest absolute Gasteiger partial charge is 0.231 e. The molecule has 0 unspecified atom stereocenters. The molecule has 76 valence electrons. The van der Waals surface area contributed by atoms with Crippen molar-refractivity contribution in [3.8, 4) is 17.7 Å². The molecule has 0 amide bonds. The first-order valence-electron chi connectivity index (χ1n) is 4.36. The number of thiocarbonyl (C=S) groups is 1. The average Bonchev–Trinajstić information content (AvgIpc) is 2.65. The van der Waals surface area contributed by atoms with Crippen LogP contribution in [0.15, 0.2) is 18.2 Å². The fraction of sp³-hybridized carbons (Fsp3) is 0.200. The molecule has 0 fully saturated rings. The molecular weight excluding hydrogens is 212 g/mol. The van der Waals surface area contributed by atoms with Gasteiger partial charge in [0, 0.05) is 6.42 Å². The van der Waals surface area contributed by atoms with Gasteiger partial charge in [-0.15, -0.1) is 0 Å². The fourth-order valence-corrected chi connectivity index (χ4v) is 1.56. The third-order valence-electron chi connectivity index (χ3n) is 2.00. The lowest BCUT2D eigenvalue weighted by Gasteiger charge is -2.02. The minimum Gasteiger partial charge on any atom is -0.454 e. The Morgan fingerprint density at radius 1 is 1.47 bits per heavy atom. The van der Waals surface area contributed by atoms with Crippen molar-refractivity contribution >= 4 is 17.2 Å². The number of benzene rings is 1. The Kier molecular flexibility index (Phi) is 2.70. The quantitative estimate of drug-likeness (QED) is 0.463. The van der Waals surface area contributed by atoms with Gasteiger partial charge in [-0.2, -0.15) is 5.26 Å². The molecule has 0 bridgehead atoms. The molecule has 0 saturated heterocycles. The van der Waals surface area contributed by atoms with Crippen molar-refractivity contribution in [1.82, 2.24) is 5.32 Å². The molecular formula is C10H8N2O2S. The van der Waals surface area contributed by atoms with Gasteiger partial charge in [0.2, 0.25) is 6.79 Å². The Morgan fingerprint density at radius 2 is 2.27 bits per heavy atom. The SMILES string of the molecule is N#CNC(=S)Cc1ccc2c(c1)OCO2. The van der Waals surface area contributed by atoms with E-state index in [1.165, 1.54) is 0 Å². The van der Waals surface area contributed by atoms with Gasteiger partial charge < -0.3 is 9.47 Å². The Bertz CT molecular complexity index is 440. The van der Waals surface area contributed by atoms with E-state index in [4.69, 9.17) is 27.0 Å². The van der Waals surface area contributed by atoms with Gasteiger partial charge in [-0.1, -0.05) is 18.3 Å². The second kappa shape index (κ2) is 4.15. The van der Waals surface area contributed by atoms with Crippen molar-refractivity contribution < 1.29 is 9.47 Å². The molecule has 1 heterocycles. The van der Waals surface area contributed by atoms with Gasteiger partial charge in [0.05, 0.1) is 4.99 Å². The first-order chi connectivity index (χ1) is 7.29. The van der Waals surface area contributed by atoms with Crippen LogP contribution in [0.4, 0.5) is 0 Å². The summed E-state index contributed by atoms with van der Waals surface area (Å²) in [6.07, 6.45) is 2.32. The van der Waals surface area contributed by atoms with E-state index in [0.29, 0.717) is 11.4 Å². The van der Waals surface area contributed by atoms with E-state index in [2.05, 4.69) is 5.32 Å². The largest absolute Gasteiger partial charge is 0.454 e. The molecule has 1 N–H and O–H groups in total. The minimum absolute atomic E-state index is 0.264. The lowest BCUT2D eigenvalue weighted by Crippen LogP contribution is -2.17. The molecule has 0 aliphatic carbocycles. The highest BCUT2D eigenvalue weighted by atomic mass is 32.1. The molecule has 1 aromatic rings. The summed E-state index contributed by atoms with van der Waals surface area (Å²) in [5.41, 5.74) is 0.993. The lowest BCUT2D eigenvalue weighted by atomic mass is 10.1. The zero-order valence-electron chi connectivity index (χ0n) is 7.82. The third-order valence-corrected chi connectivity index (χ3v) is 2.24. The number of hydrogen-bond acceptors (Lipinski definition) is 4. The highest BCUT2D eigenvalue weighted by Crippen LogP contribution is 2.32. The minimum atomic E-state index is 0.264. The number of nitrogens with zero attached hydrogens (tertiary/aromatic N) is 1. The van der Waals surface area contributed by atoms with E-state index in [1.807, 2.05) is 18.2 Å². The lowest BCUT2D eigenvalue weighted by molar-refractivity contribution is 0.174. The van der Waals surface area contributed by atoms with Gasteiger partial charge >= 0.3 is 0 Å². The highest BCUT2D eigenvalue weighted by molar-refractivity contribution is 7.80. The Labute approximate surface area is 92.4 Å². The number of nitrogens with one attached hydrogen (secondary N) is 1. The fourth-order valence-electron chi connectivity index (χ4n) is 1.34.